The summed E-state index contributed by atoms with van der Waals surface area (Å²) in [5.74, 6) is 1.34. The van der Waals surface area contributed by atoms with Crippen molar-refractivity contribution in [2.24, 2.45) is 0 Å². The first-order valence-corrected chi connectivity index (χ1v) is 8.11. The van der Waals surface area contributed by atoms with E-state index in [-0.39, 0.29) is 11.9 Å². The largest absolute Gasteiger partial charge is 0.457 e. The van der Waals surface area contributed by atoms with Crippen molar-refractivity contribution in [3.05, 3.63) is 72.8 Å². The van der Waals surface area contributed by atoms with E-state index in [0.29, 0.717) is 0 Å². The van der Waals surface area contributed by atoms with Gasteiger partial charge in [-0.25, -0.2) is 9.67 Å². The number of benzene rings is 2. The monoisotopic (exact) mass is 336 g/mol. The summed E-state index contributed by atoms with van der Waals surface area (Å²) in [6.45, 7) is 3.71. The summed E-state index contributed by atoms with van der Waals surface area (Å²) in [6, 6.07) is 16.6. The van der Waals surface area contributed by atoms with E-state index in [4.69, 9.17) is 4.74 Å². The highest BCUT2D eigenvalue weighted by Crippen LogP contribution is 2.29. The van der Waals surface area contributed by atoms with E-state index in [1.165, 1.54) is 17.3 Å². The van der Waals surface area contributed by atoms with Crippen molar-refractivity contribution >= 4 is 5.91 Å². The molecule has 0 aliphatic rings. The van der Waals surface area contributed by atoms with Gasteiger partial charge in [0, 0.05) is 5.56 Å². The van der Waals surface area contributed by atoms with Crippen LogP contribution in [0.1, 0.15) is 31.5 Å². The van der Waals surface area contributed by atoms with Gasteiger partial charge in [0.2, 0.25) is 5.91 Å². The molecule has 0 bridgehead atoms. The smallest absolute Gasteiger partial charge is 0.245 e. The fourth-order valence-electron chi connectivity index (χ4n) is 2.50. The molecule has 0 saturated carbocycles. The van der Waals surface area contributed by atoms with Gasteiger partial charge in [-0.2, -0.15) is 5.10 Å². The van der Waals surface area contributed by atoms with Gasteiger partial charge >= 0.3 is 0 Å². The lowest BCUT2D eigenvalue weighted by molar-refractivity contribution is -0.124. The van der Waals surface area contributed by atoms with Gasteiger partial charge in [-0.05, 0) is 32.0 Å². The number of para-hydroxylation sites is 2. The van der Waals surface area contributed by atoms with Gasteiger partial charge in [0.25, 0.3) is 0 Å². The predicted molar refractivity (Wildman–Crippen MR) is 94.2 cm³/mol. The summed E-state index contributed by atoms with van der Waals surface area (Å²) < 4.78 is 7.49. The molecule has 1 heterocycles. The van der Waals surface area contributed by atoms with Crippen molar-refractivity contribution < 1.29 is 9.53 Å². The molecule has 1 N–H and O–H groups in total. The average Bonchev–Trinajstić information content (AvgIpc) is 3.17. The number of amides is 1. The first-order chi connectivity index (χ1) is 12.1. The first-order valence-electron chi connectivity index (χ1n) is 8.11. The summed E-state index contributed by atoms with van der Waals surface area (Å²) >= 11 is 0. The number of hydrogen-bond donors (Lipinski definition) is 1. The fourth-order valence-corrected chi connectivity index (χ4v) is 2.50. The standard InChI is InChI=1S/C19H20N4O2/c1-14(22-19(24)15(2)23-13-20-12-21-23)17-10-6-7-11-18(17)25-16-8-4-3-5-9-16/h3-15H,1-2H3,(H,22,24)/t14-,15-/m0/s1. The number of nitrogens with one attached hydrogen (secondary N) is 1. The summed E-state index contributed by atoms with van der Waals surface area (Å²) in [7, 11) is 0. The highest BCUT2D eigenvalue weighted by Gasteiger charge is 2.20. The van der Waals surface area contributed by atoms with Gasteiger partial charge in [0.15, 0.2) is 0 Å². The molecule has 3 aromatic rings. The molecule has 6 nitrogen and oxygen atoms in total. The van der Waals surface area contributed by atoms with Crippen LogP contribution in [0.2, 0.25) is 0 Å². The molecule has 2 aromatic carbocycles. The quantitative estimate of drug-likeness (QED) is 0.748. The fraction of sp³-hybridized carbons (Fsp3) is 0.211. The Bertz CT molecular complexity index is 818. The van der Waals surface area contributed by atoms with Gasteiger partial charge in [-0.1, -0.05) is 36.4 Å². The number of hydrogen-bond acceptors (Lipinski definition) is 4. The van der Waals surface area contributed by atoms with Crippen LogP contribution in [0, 0.1) is 0 Å². The summed E-state index contributed by atoms with van der Waals surface area (Å²) in [6.07, 6.45) is 2.94. The average molecular weight is 336 g/mol. The number of carbonyl (C=O) groups is 1. The Balaban J connectivity index is 1.74. The van der Waals surface area contributed by atoms with Crippen molar-refractivity contribution in [1.82, 2.24) is 20.1 Å². The maximum Gasteiger partial charge on any atom is 0.245 e. The zero-order valence-electron chi connectivity index (χ0n) is 14.2. The number of rotatable bonds is 6. The van der Waals surface area contributed by atoms with E-state index >= 15 is 0 Å². The zero-order chi connectivity index (χ0) is 17.6. The normalized spacial score (nSPS) is 13.0. The minimum Gasteiger partial charge on any atom is -0.457 e. The molecule has 6 heteroatoms. The van der Waals surface area contributed by atoms with Crippen LogP contribution in [0.4, 0.5) is 0 Å². The molecule has 1 aromatic heterocycles. The highest BCUT2D eigenvalue weighted by atomic mass is 16.5. The molecule has 2 atom stereocenters. The molecule has 0 unspecified atom stereocenters. The minimum absolute atomic E-state index is 0.132. The molecule has 0 radical (unpaired) electrons. The zero-order valence-corrected chi connectivity index (χ0v) is 14.2. The number of ether oxygens (including phenoxy) is 1. The lowest BCUT2D eigenvalue weighted by Gasteiger charge is -2.20. The number of carbonyl (C=O) groups excluding carboxylic acids is 1. The predicted octanol–water partition coefficient (Wildman–Crippen LogP) is 3.51. The van der Waals surface area contributed by atoms with Crippen LogP contribution in [0.3, 0.4) is 0 Å². The Morgan fingerprint density at radius 2 is 1.80 bits per heavy atom. The Morgan fingerprint density at radius 3 is 2.52 bits per heavy atom. The molecule has 0 spiro atoms. The van der Waals surface area contributed by atoms with E-state index in [1.807, 2.05) is 61.5 Å². The number of aromatic nitrogens is 3. The van der Waals surface area contributed by atoms with Gasteiger partial charge in [0.1, 0.15) is 30.2 Å². The van der Waals surface area contributed by atoms with Crippen LogP contribution in [0.25, 0.3) is 0 Å². The Morgan fingerprint density at radius 1 is 1.08 bits per heavy atom. The lowest BCUT2D eigenvalue weighted by atomic mass is 10.1. The topological polar surface area (TPSA) is 69.0 Å². The van der Waals surface area contributed by atoms with E-state index in [1.54, 1.807) is 6.92 Å². The molecule has 3 rings (SSSR count). The summed E-state index contributed by atoms with van der Waals surface area (Å²) in [5.41, 5.74) is 0.908. The van der Waals surface area contributed by atoms with E-state index in [9.17, 15) is 4.79 Å². The highest BCUT2D eigenvalue weighted by molar-refractivity contribution is 5.80. The SMILES string of the molecule is C[C@H](NC(=O)[C@H](C)n1cncn1)c1ccccc1Oc1ccccc1. The maximum atomic E-state index is 12.5. The molecular formula is C19H20N4O2. The van der Waals surface area contributed by atoms with Crippen molar-refractivity contribution in [2.45, 2.75) is 25.9 Å². The first kappa shape index (κ1) is 16.7. The Kier molecular flexibility index (Phi) is 5.09. The van der Waals surface area contributed by atoms with Crippen LogP contribution >= 0.6 is 0 Å². The molecule has 0 aliphatic heterocycles. The van der Waals surface area contributed by atoms with Crippen LogP contribution in [0.15, 0.2) is 67.3 Å². The molecule has 0 saturated heterocycles. The molecule has 25 heavy (non-hydrogen) atoms. The Labute approximate surface area is 146 Å². The van der Waals surface area contributed by atoms with E-state index in [0.717, 1.165) is 17.1 Å². The molecular weight excluding hydrogens is 316 g/mol. The van der Waals surface area contributed by atoms with Crippen molar-refractivity contribution in [3.63, 3.8) is 0 Å². The van der Waals surface area contributed by atoms with E-state index in [2.05, 4.69) is 15.4 Å². The van der Waals surface area contributed by atoms with Crippen molar-refractivity contribution in [2.75, 3.05) is 0 Å². The third-order valence-electron chi connectivity index (χ3n) is 3.93. The van der Waals surface area contributed by atoms with Crippen molar-refractivity contribution in [1.29, 1.82) is 0 Å². The molecule has 0 aliphatic carbocycles. The molecule has 1 amide bonds. The van der Waals surface area contributed by atoms with Crippen LogP contribution in [-0.2, 0) is 4.79 Å². The van der Waals surface area contributed by atoms with Gasteiger partial charge in [-0.15, -0.1) is 0 Å². The molecule has 0 fully saturated rings. The maximum absolute atomic E-state index is 12.5. The van der Waals surface area contributed by atoms with Crippen LogP contribution in [-0.4, -0.2) is 20.7 Å². The third-order valence-corrected chi connectivity index (χ3v) is 3.93. The van der Waals surface area contributed by atoms with Gasteiger partial charge in [-0.3, -0.25) is 4.79 Å². The second-order valence-electron chi connectivity index (χ2n) is 5.73. The van der Waals surface area contributed by atoms with E-state index < -0.39 is 6.04 Å². The van der Waals surface area contributed by atoms with Crippen molar-refractivity contribution in [3.8, 4) is 11.5 Å². The Hall–Kier alpha value is -3.15. The van der Waals surface area contributed by atoms with Gasteiger partial charge in [0.05, 0.1) is 6.04 Å². The summed E-state index contributed by atoms with van der Waals surface area (Å²) in [4.78, 5) is 16.3. The van der Waals surface area contributed by atoms with Crippen LogP contribution in [0.5, 0.6) is 11.5 Å². The lowest BCUT2D eigenvalue weighted by Crippen LogP contribution is -2.33. The number of nitrogens with zero attached hydrogens (tertiary/aromatic N) is 3. The van der Waals surface area contributed by atoms with Crippen LogP contribution < -0.4 is 10.1 Å². The third kappa shape index (κ3) is 4.03. The summed E-state index contributed by atoms with van der Waals surface area (Å²) in [5, 5.41) is 7.01. The second kappa shape index (κ2) is 7.61. The minimum atomic E-state index is -0.438. The molecule has 128 valence electrons. The second-order valence-corrected chi connectivity index (χ2v) is 5.73. The van der Waals surface area contributed by atoms with Gasteiger partial charge < -0.3 is 10.1 Å².